The van der Waals surface area contributed by atoms with E-state index in [9.17, 15) is 8.42 Å². The number of aromatic nitrogens is 1. The van der Waals surface area contributed by atoms with Gasteiger partial charge in [0.2, 0.25) is 10.0 Å². The highest BCUT2D eigenvalue weighted by atomic mass is 32.2. The molecule has 2 heterocycles. The summed E-state index contributed by atoms with van der Waals surface area (Å²) in [5, 5.41) is 4.60. The summed E-state index contributed by atoms with van der Waals surface area (Å²) >= 11 is 0. The minimum atomic E-state index is -3.55. The quantitative estimate of drug-likeness (QED) is 0.785. The van der Waals surface area contributed by atoms with Crippen molar-refractivity contribution >= 4 is 21.0 Å². The van der Waals surface area contributed by atoms with Gasteiger partial charge in [-0.3, -0.25) is 0 Å². The molecule has 1 aromatic heterocycles. The van der Waals surface area contributed by atoms with E-state index in [2.05, 4.69) is 9.88 Å². The fraction of sp³-hybridized carbons (Fsp3) is 0.235. The molecule has 7 heteroatoms. The highest BCUT2D eigenvalue weighted by Crippen LogP contribution is 2.25. The van der Waals surface area contributed by atoms with Crippen molar-refractivity contribution in [3.8, 4) is 5.75 Å². The van der Waals surface area contributed by atoms with Gasteiger partial charge in [-0.2, -0.15) is 0 Å². The van der Waals surface area contributed by atoms with E-state index in [-0.39, 0.29) is 11.8 Å². The monoisotopic (exact) mass is 344 g/mol. The Morgan fingerprint density at radius 3 is 2.83 bits per heavy atom. The number of hydrogen-bond donors (Lipinski definition) is 1. The van der Waals surface area contributed by atoms with Crippen LogP contribution < -0.4 is 9.46 Å². The predicted molar refractivity (Wildman–Crippen MR) is 89.2 cm³/mol. The number of fused-ring (bicyclic) bond motifs is 2. The minimum absolute atomic E-state index is 0.220. The van der Waals surface area contributed by atoms with Crippen LogP contribution in [0.4, 0.5) is 0 Å². The zero-order valence-electron chi connectivity index (χ0n) is 12.8. The second-order valence-corrected chi connectivity index (χ2v) is 7.58. The van der Waals surface area contributed by atoms with Crippen LogP contribution in [0.1, 0.15) is 11.3 Å². The lowest BCUT2D eigenvalue weighted by atomic mass is 10.0. The van der Waals surface area contributed by atoms with E-state index < -0.39 is 10.0 Å². The Kier molecular flexibility index (Phi) is 3.74. The van der Waals surface area contributed by atoms with E-state index in [1.807, 2.05) is 36.4 Å². The molecule has 1 N–H and O–H groups in total. The molecule has 0 saturated carbocycles. The number of para-hydroxylation sites is 2. The average Bonchev–Trinajstić information content (AvgIpc) is 2.97. The molecule has 1 unspecified atom stereocenters. The molecule has 0 amide bonds. The first-order chi connectivity index (χ1) is 11.6. The van der Waals surface area contributed by atoms with Crippen LogP contribution in [0.3, 0.4) is 0 Å². The molecule has 0 saturated heterocycles. The van der Waals surface area contributed by atoms with Gasteiger partial charge in [0.1, 0.15) is 23.8 Å². The van der Waals surface area contributed by atoms with Crippen LogP contribution in [0.15, 0.2) is 53.1 Å². The van der Waals surface area contributed by atoms with Gasteiger partial charge in [0, 0.05) is 5.39 Å². The third-order valence-electron chi connectivity index (χ3n) is 4.00. The van der Waals surface area contributed by atoms with Gasteiger partial charge >= 0.3 is 0 Å². The summed E-state index contributed by atoms with van der Waals surface area (Å²) in [6.45, 7) is 0.315. The molecule has 1 atom stereocenters. The largest absolute Gasteiger partial charge is 0.492 e. The number of hydrogen-bond acceptors (Lipinski definition) is 5. The number of benzene rings is 2. The SMILES string of the molecule is O=S(=O)(Cc1noc2ccccc12)NC1COc2ccccc2C1. The molecule has 3 aromatic rings. The van der Waals surface area contributed by atoms with Gasteiger partial charge in [0.25, 0.3) is 0 Å². The Bertz CT molecular complexity index is 981. The van der Waals surface area contributed by atoms with Crippen LogP contribution >= 0.6 is 0 Å². The molecule has 1 aliphatic heterocycles. The Labute approximate surface area is 139 Å². The van der Waals surface area contributed by atoms with Gasteiger partial charge in [-0.25, -0.2) is 13.1 Å². The molecule has 24 heavy (non-hydrogen) atoms. The van der Waals surface area contributed by atoms with Gasteiger partial charge in [-0.1, -0.05) is 35.5 Å². The van der Waals surface area contributed by atoms with Crippen LogP contribution in [0.5, 0.6) is 5.75 Å². The summed E-state index contributed by atoms with van der Waals surface area (Å²) in [7, 11) is -3.55. The van der Waals surface area contributed by atoms with E-state index in [1.165, 1.54) is 0 Å². The van der Waals surface area contributed by atoms with Crippen molar-refractivity contribution in [3.63, 3.8) is 0 Å². The van der Waals surface area contributed by atoms with Crippen molar-refractivity contribution in [2.24, 2.45) is 0 Å². The first-order valence-corrected chi connectivity index (χ1v) is 9.30. The number of sulfonamides is 1. The van der Waals surface area contributed by atoms with E-state index in [4.69, 9.17) is 9.26 Å². The summed E-state index contributed by atoms with van der Waals surface area (Å²) in [5.74, 6) is 0.595. The predicted octanol–water partition coefficient (Wildman–Crippen LogP) is 2.25. The first kappa shape index (κ1) is 15.2. The number of ether oxygens (including phenoxy) is 1. The summed E-state index contributed by atoms with van der Waals surface area (Å²) in [6, 6.07) is 14.6. The molecule has 0 spiro atoms. The topological polar surface area (TPSA) is 81.4 Å². The van der Waals surface area contributed by atoms with Crippen molar-refractivity contribution in [1.29, 1.82) is 0 Å². The Balaban J connectivity index is 1.50. The van der Waals surface area contributed by atoms with Crippen molar-refractivity contribution in [3.05, 3.63) is 59.8 Å². The maximum Gasteiger partial charge on any atom is 0.217 e. The molecule has 2 aromatic carbocycles. The second kappa shape index (κ2) is 5.92. The van der Waals surface area contributed by atoms with Crippen LogP contribution in [-0.2, 0) is 22.2 Å². The third kappa shape index (κ3) is 3.00. The summed E-state index contributed by atoms with van der Waals surface area (Å²) in [5.41, 5.74) is 2.00. The van der Waals surface area contributed by atoms with Gasteiger partial charge in [-0.05, 0) is 30.2 Å². The highest BCUT2D eigenvalue weighted by Gasteiger charge is 2.25. The Morgan fingerprint density at radius 1 is 1.12 bits per heavy atom. The number of rotatable bonds is 4. The molecule has 6 nitrogen and oxygen atoms in total. The standard InChI is InChI=1S/C17H16N2O4S/c20-24(21,11-15-14-6-2-4-8-17(14)23-18-15)19-13-9-12-5-1-3-7-16(12)22-10-13/h1-8,13,19H,9-11H2. The summed E-state index contributed by atoms with van der Waals surface area (Å²) < 4.78 is 38.4. The summed E-state index contributed by atoms with van der Waals surface area (Å²) in [4.78, 5) is 0. The molecule has 0 radical (unpaired) electrons. The molecule has 0 bridgehead atoms. The van der Waals surface area contributed by atoms with E-state index in [0.29, 0.717) is 29.7 Å². The molecule has 1 aliphatic rings. The van der Waals surface area contributed by atoms with Crippen LogP contribution in [0.2, 0.25) is 0 Å². The van der Waals surface area contributed by atoms with Crippen LogP contribution in [0.25, 0.3) is 11.0 Å². The highest BCUT2D eigenvalue weighted by molar-refractivity contribution is 7.88. The number of nitrogens with zero attached hydrogens (tertiary/aromatic N) is 1. The first-order valence-electron chi connectivity index (χ1n) is 7.65. The summed E-state index contributed by atoms with van der Waals surface area (Å²) in [6.07, 6.45) is 0.606. The molecule has 0 fully saturated rings. The second-order valence-electron chi connectivity index (χ2n) is 5.82. The van der Waals surface area contributed by atoms with Crippen molar-refractivity contribution in [2.45, 2.75) is 18.2 Å². The third-order valence-corrected chi connectivity index (χ3v) is 5.35. The zero-order valence-corrected chi connectivity index (χ0v) is 13.6. The molecule has 0 aliphatic carbocycles. The van der Waals surface area contributed by atoms with Gasteiger partial charge in [0.05, 0.1) is 6.04 Å². The Hall–Kier alpha value is -2.38. The lowest BCUT2D eigenvalue weighted by Crippen LogP contribution is -2.43. The van der Waals surface area contributed by atoms with Crippen molar-refractivity contribution in [2.75, 3.05) is 6.61 Å². The molecule has 124 valence electrons. The van der Waals surface area contributed by atoms with E-state index in [1.54, 1.807) is 12.1 Å². The Morgan fingerprint density at radius 2 is 1.92 bits per heavy atom. The van der Waals surface area contributed by atoms with Gasteiger partial charge < -0.3 is 9.26 Å². The van der Waals surface area contributed by atoms with E-state index >= 15 is 0 Å². The van der Waals surface area contributed by atoms with Crippen molar-refractivity contribution in [1.82, 2.24) is 9.88 Å². The molecular weight excluding hydrogens is 328 g/mol. The normalized spacial score (nSPS) is 17.4. The van der Waals surface area contributed by atoms with Crippen LogP contribution in [0, 0.1) is 0 Å². The average molecular weight is 344 g/mol. The minimum Gasteiger partial charge on any atom is -0.492 e. The number of nitrogens with one attached hydrogen (secondary N) is 1. The molecular formula is C17H16N2O4S. The fourth-order valence-corrected chi connectivity index (χ4v) is 4.23. The molecule has 4 rings (SSSR count). The fourth-order valence-electron chi connectivity index (χ4n) is 2.92. The van der Waals surface area contributed by atoms with Crippen LogP contribution in [-0.4, -0.2) is 26.2 Å². The van der Waals surface area contributed by atoms with E-state index in [0.717, 1.165) is 11.3 Å². The lowest BCUT2D eigenvalue weighted by Gasteiger charge is -2.25. The van der Waals surface area contributed by atoms with Crippen molar-refractivity contribution < 1.29 is 17.7 Å². The smallest absolute Gasteiger partial charge is 0.217 e. The van der Waals surface area contributed by atoms with Gasteiger partial charge in [0.15, 0.2) is 5.58 Å². The van der Waals surface area contributed by atoms with Gasteiger partial charge in [-0.15, -0.1) is 0 Å². The lowest BCUT2D eigenvalue weighted by molar-refractivity contribution is 0.254. The maximum atomic E-state index is 12.5. The maximum absolute atomic E-state index is 12.5. The zero-order chi connectivity index (χ0) is 16.6.